The third-order valence-electron chi connectivity index (χ3n) is 1.78. The highest BCUT2D eigenvalue weighted by Gasteiger charge is 2.28. The first kappa shape index (κ1) is 7.63. The maximum atomic E-state index is 12.5. The minimum absolute atomic E-state index is 0.208. The van der Waals surface area contributed by atoms with E-state index in [4.69, 9.17) is 0 Å². The molecule has 0 saturated heterocycles. The number of carbonyl (C=O) groups excluding carboxylic acids is 1. The summed E-state index contributed by atoms with van der Waals surface area (Å²) in [5, 5.41) is 0. The standard InChI is InChI=1S/C7H10F2O/c8-5-3-1-2-4-6(9)7(5)10/h5-6H,1-4H2/t5-,6+. The fourth-order valence-electron chi connectivity index (χ4n) is 1.13. The zero-order chi connectivity index (χ0) is 7.56. The van der Waals surface area contributed by atoms with E-state index in [-0.39, 0.29) is 12.8 Å². The van der Waals surface area contributed by atoms with Crippen LogP contribution in [0.25, 0.3) is 0 Å². The van der Waals surface area contributed by atoms with Gasteiger partial charge < -0.3 is 0 Å². The van der Waals surface area contributed by atoms with Gasteiger partial charge >= 0.3 is 0 Å². The van der Waals surface area contributed by atoms with Crippen molar-refractivity contribution in [3.8, 4) is 0 Å². The van der Waals surface area contributed by atoms with Crippen LogP contribution in [0.3, 0.4) is 0 Å². The lowest BCUT2D eigenvalue weighted by Crippen LogP contribution is -2.23. The zero-order valence-electron chi connectivity index (χ0n) is 5.65. The summed E-state index contributed by atoms with van der Waals surface area (Å²) >= 11 is 0. The van der Waals surface area contributed by atoms with Crippen LogP contribution in [0.15, 0.2) is 0 Å². The van der Waals surface area contributed by atoms with Crippen molar-refractivity contribution in [1.29, 1.82) is 0 Å². The van der Waals surface area contributed by atoms with Gasteiger partial charge in [0.25, 0.3) is 0 Å². The van der Waals surface area contributed by atoms with Gasteiger partial charge in [-0.1, -0.05) is 0 Å². The van der Waals surface area contributed by atoms with Gasteiger partial charge in [0.1, 0.15) is 0 Å². The van der Waals surface area contributed by atoms with E-state index in [0.717, 1.165) is 0 Å². The molecule has 0 aromatic rings. The molecule has 1 aliphatic rings. The fourth-order valence-corrected chi connectivity index (χ4v) is 1.13. The molecule has 0 spiro atoms. The van der Waals surface area contributed by atoms with Crippen molar-refractivity contribution in [2.24, 2.45) is 0 Å². The number of alkyl halides is 2. The van der Waals surface area contributed by atoms with Crippen molar-refractivity contribution in [2.75, 3.05) is 0 Å². The Balaban J connectivity index is 2.55. The Bertz CT molecular complexity index is 122. The maximum Gasteiger partial charge on any atom is 0.200 e. The molecule has 3 heteroatoms. The van der Waals surface area contributed by atoms with E-state index in [2.05, 4.69) is 0 Å². The van der Waals surface area contributed by atoms with Crippen LogP contribution in [0, 0.1) is 0 Å². The number of carbonyl (C=O) groups is 1. The molecule has 1 nitrogen and oxygen atoms in total. The van der Waals surface area contributed by atoms with Crippen LogP contribution in [-0.2, 0) is 4.79 Å². The number of Topliss-reactive ketones (excluding diaryl/α,β-unsaturated/α-hetero) is 1. The molecule has 0 unspecified atom stereocenters. The van der Waals surface area contributed by atoms with Crippen molar-refractivity contribution >= 4 is 5.78 Å². The second-order valence-electron chi connectivity index (χ2n) is 2.62. The lowest BCUT2D eigenvalue weighted by Gasteiger charge is -2.03. The van der Waals surface area contributed by atoms with E-state index >= 15 is 0 Å². The molecule has 2 atom stereocenters. The second-order valence-corrected chi connectivity index (χ2v) is 2.62. The highest BCUT2D eigenvalue weighted by Crippen LogP contribution is 2.19. The van der Waals surface area contributed by atoms with Crippen molar-refractivity contribution in [1.82, 2.24) is 0 Å². The molecular weight excluding hydrogens is 138 g/mol. The molecule has 0 radical (unpaired) electrons. The zero-order valence-corrected chi connectivity index (χ0v) is 5.65. The average Bonchev–Trinajstić information content (AvgIpc) is 2.04. The lowest BCUT2D eigenvalue weighted by atomic mass is 10.1. The van der Waals surface area contributed by atoms with E-state index in [1.807, 2.05) is 0 Å². The van der Waals surface area contributed by atoms with Crippen LogP contribution in [0.4, 0.5) is 8.78 Å². The molecule has 0 bridgehead atoms. The third-order valence-corrected chi connectivity index (χ3v) is 1.78. The van der Waals surface area contributed by atoms with Gasteiger partial charge in [0.05, 0.1) is 0 Å². The van der Waals surface area contributed by atoms with Crippen LogP contribution < -0.4 is 0 Å². The van der Waals surface area contributed by atoms with E-state index < -0.39 is 18.1 Å². The summed E-state index contributed by atoms with van der Waals surface area (Å²) in [5.74, 6) is -0.850. The maximum absolute atomic E-state index is 12.5. The van der Waals surface area contributed by atoms with Crippen LogP contribution in [-0.4, -0.2) is 18.1 Å². The van der Waals surface area contributed by atoms with Crippen molar-refractivity contribution in [3.05, 3.63) is 0 Å². The first-order valence-corrected chi connectivity index (χ1v) is 3.53. The van der Waals surface area contributed by atoms with Crippen molar-refractivity contribution in [2.45, 2.75) is 38.0 Å². The van der Waals surface area contributed by atoms with E-state index in [1.165, 1.54) is 0 Å². The molecule has 0 aliphatic heterocycles. The molecule has 0 amide bonds. The Morgan fingerprint density at radius 2 is 1.50 bits per heavy atom. The summed E-state index contributed by atoms with van der Waals surface area (Å²) in [6.45, 7) is 0. The SMILES string of the molecule is O=C1[C@H](F)CCCC[C@@H]1F. The predicted molar refractivity (Wildman–Crippen MR) is 33.3 cm³/mol. The molecular formula is C7H10F2O. The summed E-state index contributed by atoms with van der Waals surface area (Å²) in [6, 6.07) is 0. The topological polar surface area (TPSA) is 17.1 Å². The van der Waals surface area contributed by atoms with Crippen LogP contribution in [0.1, 0.15) is 25.7 Å². The number of hydrogen-bond acceptors (Lipinski definition) is 1. The summed E-state index contributed by atoms with van der Waals surface area (Å²) in [4.78, 5) is 10.6. The van der Waals surface area contributed by atoms with Gasteiger partial charge in [0.15, 0.2) is 12.3 Å². The Morgan fingerprint density at radius 3 is 1.90 bits per heavy atom. The van der Waals surface area contributed by atoms with Gasteiger partial charge in [-0.25, -0.2) is 8.78 Å². The first-order chi connectivity index (χ1) is 4.72. The largest absolute Gasteiger partial charge is 0.293 e. The quantitative estimate of drug-likeness (QED) is 0.479. The second kappa shape index (κ2) is 3.08. The summed E-state index contributed by atoms with van der Waals surface area (Å²) in [6.07, 6.45) is -1.41. The van der Waals surface area contributed by atoms with E-state index in [1.54, 1.807) is 0 Å². The summed E-state index contributed by atoms with van der Waals surface area (Å²) < 4.78 is 25.0. The Kier molecular flexibility index (Phi) is 2.35. The van der Waals surface area contributed by atoms with Gasteiger partial charge in [-0.15, -0.1) is 0 Å². The molecule has 1 aliphatic carbocycles. The molecule has 0 aromatic carbocycles. The first-order valence-electron chi connectivity index (χ1n) is 3.53. The van der Waals surface area contributed by atoms with Crippen LogP contribution >= 0.6 is 0 Å². The molecule has 0 heterocycles. The normalized spacial score (nSPS) is 35.6. The van der Waals surface area contributed by atoms with Gasteiger partial charge in [-0.3, -0.25) is 4.79 Å². The minimum Gasteiger partial charge on any atom is -0.293 e. The number of halogens is 2. The highest BCUT2D eigenvalue weighted by atomic mass is 19.1. The number of rotatable bonds is 0. The van der Waals surface area contributed by atoms with Gasteiger partial charge in [-0.2, -0.15) is 0 Å². The summed E-state index contributed by atoms with van der Waals surface area (Å²) in [7, 11) is 0. The Hall–Kier alpha value is -0.470. The van der Waals surface area contributed by atoms with Crippen molar-refractivity contribution in [3.63, 3.8) is 0 Å². The third kappa shape index (κ3) is 1.52. The fraction of sp³-hybridized carbons (Fsp3) is 0.857. The molecule has 1 fully saturated rings. The molecule has 58 valence electrons. The van der Waals surface area contributed by atoms with Crippen molar-refractivity contribution < 1.29 is 13.6 Å². The highest BCUT2D eigenvalue weighted by molar-refractivity contribution is 5.87. The van der Waals surface area contributed by atoms with Gasteiger partial charge in [-0.05, 0) is 25.7 Å². The van der Waals surface area contributed by atoms with Crippen LogP contribution in [0.2, 0.25) is 0 Å². The van der Waals surface area contributed by atoms with Gasteiger partial charge in [0.2, 0.25) is 5.78 Å². The molecule has 1 saturated carbocycles. The number of ketones is 1. The average molecular weight is 148 g/mol. The minimum atomic E-state index is -1.54. The molecule has 0 N–H and O–H groups in total. The smallest absolute Gasteiger partial charge is 0.200 e. The molecule has 0 aromatic heterocycles. The van der Waals surface area contributed by atoms with Crippen LogP contribution in [0.5, 0.6) is 0 Å². The molecule has 10 heavy (non-hydrogen) atoms. The summed E-state index contributed by atoms with van der Waals surface area (Å²) in [5.41, 5.74) is 0. The lowest BCUT2D eigenvalue weighted by molar-refractivity contribution is -0.128. The monoisotopic (exact) mass is 148 g/mol. The number of hydrogen-bond donors (Lipinski definition) is 0. The molecule has 1 rings (SSSR count). The van der Waals surface area contributed by atoms with E-state index in [9.17, 15) is 13.6 Å². The Labute approximate surface area is 58.4 Å². The van der Waals surface area contributed by atoms with Gasteiger partial charge in [0, 0.05) is 0 Å². The van der Waals surface area contributed by atoms with E-state index in [0.29, 0.717) is 12.8 Å². The Morgan fingerprint density at radius 1 is 1.10 bits per heavy atom. The predicted octanol–water partition coefficient (Wildman–Crippen LogP) is 1.81.